The summed E-state index contributed by atoms with van der Waals surface area (Å²) in [6.07, 6.45) is 0. The fourth-order valence-corrected chi connectivity index (χ4v) is 0. The Labute approximate surface area is 96.0 Å². The number of alkyl halides is 1. The largest absolute Gasteiger partial charge is 1.00 e. The van der Waals surface area contributed by atoms with Crippen LogP contribution in [0.3, 0.4) is 0 Å². The maximum Gasteiger partial charge on any atom is 1.00 e. The molecule has 0 saturated carbocycles. The zero-order valence-corrected chi connectivity index (χ0v) is 9.94. The van der Waals surface area contributed by atoms with E-state index in [1.54, 1.807) is 0 Å². The second kappa shape index (κ2) is 5.70. The Kier molecular flexibility index (Phi) is 9.26. The molecule has 0 N–H and O–H groups in total. The minimum atomic E-state index is -1.23. The minimum absolute atomic E-state index is 0. The van der Waals surface area contributed by atoms with Crippen LogP contribution in [-0.4, -0.2) is 11.3 Å². The minimum Gasteiger partial charge on any atom is -0.549 e. The fraction of sp³-hybridized carbons (Fsp3) is 0.667. The van der Waals surface area contributed by atoms with Crippen LogP contribution in [0.5, 0.6) is 0 Å². The zero-order chi connectivity index (χ0) is 5.15. The number of carbonyl (C=O) groups excluding carboxylic acids is 1. The van der Waals surface area contributed by atoms with Crippen molar-refractivity contribution in [1.29, 1.82) is 0 Å². The summed E-state index contributed by atoms with van der Waals surface area (Å²) >= 11 is 4.95. The molecule has 0 spiro atoms. The molecule has 1 atom stereocenters. The Morgan fingerprint density at radius 2 is 2.00 bits per heavy atom. The number of hydrogen-bond donors (Lipinski definition) is 0. The van der Waals surface area contributed by atoms with Gasteiger partial charge in [-0.3, -0.25) is 0 Å². The first-order chi connectivity index (χ1) is 2.64. The summed E-state index contributed by atoms with van der Waals surface area (Å²) in [4.78, 5) is 9.46. The monoisotopic (exact) mass is 192 g/mol. The summed E-state index contributed by atoms with van der Waals surface area (Å²) in [5.74, 6) is -1.23. The Morgan fingerprint density at radius 1 is 1.86 bits per heavy atom. The number of carbonyl (C=O) groups is 1. The molecule has 7 heavy (non-hydrogen) atoms. The van der Waals surface area contributed by atoms with Gasteiger partial charge in [-0.05, 0) is 6.92 Å². The molecule has 0 bridgehead atoms. The van der Waals surface area contributed by atoms with Gasteiger partial charge in [0, 0.05) is 0 Å². The maximum absolute atomic E-state index is 9.46. The van der Waals surface area contributed by atoms with Crippen LogP contribution in [0.4, 0.5) is 0 Å². The van der Waals surface area contributed by atoms with Crippen LogP contribution < -0.4 is 63.3 Å². The van der Waals surface area contributed by atoms with Crippen molar-refractivity contribution in [2.45, 2.75) is 12.3 Å². The molecule has 1 unspecified atom stereocenters. The summed E-state index contributed by atoms with van der Waals surface area (Å²) in [7, 11) is 0. The van der Waals surface area contributed by atoms with Crippen LogP contribution >= 0.6 is 11.6 Å². The summed E-state index contributed by atoms with van der Waals surface area (Å²) in [6, 6.07) is 0. The molecule has 0 aromatic heterocycles. The standard InChI is InChI=1S/C3H5ClO2.Rb/c1-2(4)3(5)6;/h2H,1H3,(H,5,6);/q;+1/p-1. The second-order valence-electron chi connectivity index (χ2n) is 0.935. The Hall–Kier alpha value is 1.57. The normalized spacial score (nSPS) is 11.7. The first-order valence-electron chi connectivity index (χ1n) is 1.49. The molecule has 0 rings (SSSR count). The van der Waals surface area contributed by atoms with E-state index in [0.717, 1.165) is 0 Å². The van der Waals surface area contributed by atoms with Crippen LogP contribution in [0.25, 0.3) is 0 Å². The molecule has 0 aromatic rings. The van der Waals surface area contributed by atoms with Gasteiger partial charge < -0.3 is 9.90 Å². The number of rotatable bonds is 1. The van der Waals surface area contributed by atoms with E-state index in [9.17, 15) is 9.90 Å². The van der Waals surface area contributed by atoms with Gasteiger partial charge in [0.25, 0.3) is 0 Å². The molecule has 0 aliphatic rings. The number of aliphatic carboxylic acids is 1. The maximum atomic E-state index is 9.46. The van der Waals surface area contributed by atoms with Gasteiger partial charge in [-0.2, -0.15) is 0 Å². The predicted molar refractivity (Wildman–Crippen MR) is 20.3 cm³/mol. The number of carboxylic acid groups (broad SMARTS) is 1. The van der Waals surface area contributed by atoms with Crippen LogP contribution in [0.2, 0.25) is 0 Å². The van der Waals surface area contributed by atoms with Crippen LogP contribution in [-0.2, 0) is 4.79 Å². The van der Waals surface area contributed by atoms with E-state index in [2.05, 4.69) is 0 Å². The van der Waals surface area contributed by atoms with E-state index in [1.807, 2.05) is 0 Å². The van der Waals surface area contributed by atoms with Gasteiger partial charge in [0.15, 0.2) is 0 Å². The molecular formula is C3H4ClO2Rb. The van der Waals surface area contributed by atoms with Gasteiger partial charge in [0.1, 0.15) is 0 Å². The molecule has 0 heterocycles. The average molecular weight is 193 g/mol. The second-order valence-corrected chi connectivity index (χ2v) is 1.59. The molecule has 2 nitrogen and oxygen atoms in total. The third-order valence-electron chi connectivity index (χ3n) is 0.325. The van der Waals surface area contributed by atoms with Crippen molar-refractivity contribution in [2.75, 3.05) is 0 Å². The first-order valence-corrected chi connectivity index (χ1v) is 1.93. The SMILES string of the molecule is CC(Cl)C(=O)[O-].[Rb+]. The van der Waals surface area contributed by atoms with Gasteiger partial charge >= 0.3 is 58.2 Å². The molecule has 0 radical (unpaired) electrons. The third-order valence-corrected chi connectivity index (χ3v) is 0.503. The van der Waals surface area contributed by atoms with Gasteiger partial charge in [0.2, 0.25) is 0 Å². The predicted octanol–water partition coefficient (Wildman–Crippen LogP) is -3.63. The van der Waals surface area contributed by atoms with Crippen molar-refractivity contribution >= 4 is 17.6 Å². The number of carboxylic acids is 1. The number of halogens is 1. The van der Waals surface area contributed by atoms with E-state index < -0.39 is 11.3 Å². The Morgan fingerprint density at radius 3 is 2.00 bits per heavy atom. The summed E-state index contributed by atoms with van der Waals surface area (Å²) in [5, 5.41) is 8.59. The molecular weight excluding hydrogens is 189 g/mol. The van der Waals surface area contributed by atoms with E-state index in [4.69, 9.17) is 11.6 Å². The van der Waals surface area contributed by atoms with Crippen molar-refractivity contribution in [3.05, 3.63) is 0 Å². The van der Waals surface area contributed by atoms with E-state index >= 15 is 0 Å². The molecule has 0 saturated heterocycles. The van der Waals surface area contributed by atoms with E-state index in [-0.39, 0.29) is 58.2 Å². The molecule has 0 aliphatic heterocycles. The first kappa shape index (κ1) is 11.4. The summed E-state index contributed by atoms with van der Waals surface area (Å²) < 4.78 is 0. The van der Waals surface area contributed by atoms with Gasteiger partial charge in [-0.1, -0.05) is 0 Å². The molecule has 0 aromatic carbocycles. The van der Waals surface area contributed by atoms with Crippen molar-refractivity contribution in [1.82, 2.24) is 0 Å². The van der Waals surface area contributed by atoms with Crippen molar-refractivity contribution in [3.8, 4) is 0 Å². The van der Waals surface area contributed by atoms with E-state index in [0.29, 0.717) is 0 Å². The molecule has 4 heteroatoms. The smallest absolute Gasteiger partial charge is 0.549 e. The zero-order valence-electron chi connectivity index (χ0n) is 4.27. The average Bonchev–Trinajstić information content (AvgIpc) is 1.36. The molecule has 36 valence electrons. The van der Waals surface area contributed by atoms with Crippen LogP contribution in [0.15, 0.2) is 0 Å². The third kappa shape index (κ3) is 7.57. The molecule has 0 fully saturated rings. The van der Waals surface area contributed by atoms with Crippen LogP contribution in [0.1, 0.15) is 6.92 Å². The van der Waals surface area contributed by atoms with Gasteiger partial charge in [-0.25, -0.2) is 0 Å². The summed E-state index contributed by atoms with van der Waals surface area (Å²) in [6.45, 7) is 1.34. The topological polar surface area (TPSA) is 40.1 Å². The Balaban J connectivity index is 0. The fourth-order valence-electron chi connectivity index (χ4n) is 0. The van der Waals surface area contributed by atoms with E-state index in [1.165, 1.54) is 6.92 Å². The molecule has 0 aliphatic carbocycles. The Bertz CT molecular complexity index is 64.0. The van der Waals surface area contributed by atoms with Crippen molar-refractivity contribution in [2.24, 2.45) is 0 Å². The van der Waals surface area contributed by atoms with Gasteiger partial charge in [0.05, 0.1) is 11.3 Å². The quantitative estimate of drug-likeness (QED) is 0.403. The summed E-state index contributed by atoms with van der Waals surface area (Å²) in [5.41, 5.74) is 0. The van der Waals surface area contributed by atoms with Gasteiger partial charge in [-0.15, -0.1) is 11.6 Å². The van der Waals surface area contributed by atoms with Crippen LogP contribution in [0, 0.1) is 0 Å². The van der Waals surface area contributed by atoms with Crippen molar-refractivity contribution < 1.29 is 68.1 Å². The molecule has 0 amide bonds. The van der Waals surface area contributed by atoms with Crippen molar-refractivity contribution in [3.63, 3.8) is 0 Å². The number of hydrogen-bond acceptors (Lipinski definition) is 2.